The van der Waals surface area contributed by atoms with Crippen molar-refractivity contribution in [2.45, 2.75) is 17.2 Å². The lowest BCUT2D eigenvalue weighted by molar-refractivity contribution is -0.117. The molecule has 0 saturated carbocycles. The van der Waals surface area contributed by atoms with E-state index in [1.807, 2.05) is 0 Å². The number of rotatable bonds is 7. The Bertz CT molecular complexity index is 1260. The van der Waals surface area contributed by atoms with Crippen LogP contribution >= 0.6 is 58.0 Å². The molecular weight excluding hydrogens is 566 g/mol. The number of anilines is 2. The van der Waals surface area contributed by atoms with Gasteiger partial charge in [-0.25, -0.2) is 8.78 Å². The third-order valence-electron chi connectivity index (χ3n) is 4.70. The normalized spacial score (nSPS) is 12.1. The van der Waals surface area contributed by atoms with Gasteiger partial charge in [-0.15, -0.1) is 23.2 Å². The highest BCUT2D eigenvalue weighted by molar-refractivity contribution is 6.50. The maximum atomic E-state index is 13.8. The van der Waals surface area contributed by atoms with Crippen molar-refractivity contribution in [2.24, 2.45) is 0 Å². The van der Waals surface area contributed by atoms with Crippen molar-refractivity contribution in [2.75, 3.05) is 10.7 Å². The highest BCUT2D eigenvalue weighted by Gasteiger charge is 2.37. The molecule has 0 fully saturated rings. The summed E-state index contributed by atoms with van der Waals surface area (Å²) in [4.78, 5) is 25.7. The van der Waals surface area contributed by atoms with E-state index in [2.05, 4.69) is 16.2 Å². The molecule has 0 aliphatic heterocycles. The van der Waals surface area contributed by atoms with Crippen LogP contribution in [0.15, 0.2) is 54.6 Å². The van der Waals surface area contributed by atoms with E-state index in [4.69, 9.17) is 58.0 Å². The van der Waals surface area contributed by atoms with Gasteiger partial charge in [-0.2, -0.15) is 0 Å². The fourth-order valence-corrected chi connectivity index (χ4v) is 4.39. The number of hydrazine groups is 1. The molecule has 1 unspecified atom stereocenters. The number of hydrogen-bond donors (Lipinski definition) is 3. The number of carbonyl (C=O) groups excluding carboxylic acids is 2. The van der Waals surface area contributed by atoms with Gasteiger partial charge in [0.15, 0.2) is 0 Å². The van der Waals surface area contributed by atoms with Crippen LogP contribution in [0.3, 0.4) is 0 Å². The summed E-state index contributed by atoms with van der Waals surface area (Å²) in [6.45, 7) is 1.44. The molecule has 2 amide bonds. The zero-order valence-corrected chi connectivity index (χ0v) is 21.5. The molecule has 3 rings (SSSR count). The third kappa shape index (κ3) is 7.12. The Morgan fingerprint density at radius 1 is 0.914 bits per heavy atom. The fourth-order valence-electron chi connectivity index (χ4n) is 3.19. The Hall–Kier alpha value is -2.29. The summed E-state index contributed by atoms with van der Waals surface area (Å²) in [6.07, 6.45) is 0. The van der Waals surface area contributed by atoms with Gasteiger partial charge in [0.25, 0.3) is 5.91 Å². The Morgan fingerprint density at radius 2 is 1.57 bits per heavy atom. The molecular formula is C23H16Cl5F2N3O2. The van der Waals surface area contributed by atoms with Crippen molar-refractivity contribution in [1.82, 2.24) is 5.43 Å². The highest BCUT2D eigenvalue weighted by Crippen LogP contribution is 2.40. The molecule has 3 N–H and O–H groups in total. The topological polar surface area (TPSA) is 70.2 Å². The van der Waals surface area contributed by atoms with Crippen LogP contribution in [0.4, 0.5) is 20.2 Å². The van der Waals surface area contributed by atoms with Crippen molar-refractivity contribution in [3.63, 3.8) is 0 Å². The quantitative estimate of drug-likeness (QED) is 0.199. The molecule has 3 aromatic rings. The van der Waals surface area contributed by atoms with Crippen LogP contribution in [-0.2, 0) is 4.79 Å². The monoisotopic (exact) mass is 579 g/mol. The Morgan fingerprint density at radius 3 is 2.20 bits per heavy atom. The first-order chi connectivity index (χ1) is 16.3. The van der Waals surface area contributed by atoms with E-state index in [0.717, 1.165) is 18.2 Å². The Labute approximate surface area is 224 Å². The standard InChI is InChI=1S/C23H16Cl5F2N3O2/c1-23(27,28)20(11-6-12(24)8-13(25)7-11)22(35)31-15-3-4-17(26)16(10-15)21(34)33-32-19-9-14(29)2-5-18(19)30/h2-10,20,32H,1H3,(H,31,35)(H,33,34). The van der Waals surface area contributed by atoms with Gasteiger partial charge in [0, 0.05) is 21.8 Å². The second kappa shape index (κ2) is 11.2. The zero-order chi connectivity index (χ0) is 25.9. The van der Waals surface area contributed by atoms with E-state index in [9.17, 15) is 18.4 Å². The largest absolute Gasteiger partial charge is 0.325 e. The second-order valence-electron chi connectivity index (χ2n) is 7.48. The van der Waals surface area contributed by atoms with E-state index in [1.165, 1.54) is 43.3 Å². The molecule has 0 bridgehead atoms. The lowest BCUT2D eigenvalue weighted by atomic mass is 9.94. The lowest BCUT2D eigenvalue weighted by Crippen LogP contribution is -2.33. The molecule has 35 heavy (non-hydrogen) atoms. The van der Waals surface area contributed by atoms with Gasteiger partial charge < -0.3 is 5.32 Å². The molecule has 0 heterocycles. The molecule has 1 atom stereocenters. The molecule has 0 aliphatic rings. The van der Waals surface area contributed by atoms with Crippen LogP contribution in [-0.4, -0.2) is 16.1 Å². The van der Waals surface area contributed by atoms with E-state index in [-0.39, 0.29) is 32.0 Å². The van der Waals surface area contributed by atoms with Crippen LogP contribution in [0.5, 0.6) is 0 Å². The summed E-state index contributed by atoms with van der Waals surface area (Å²) < 4.78 is 25.6. The molecule has 0 aliphatic carbocycles. The van der Waals surface area contributed by atoms with E-state index in [1.54, 1.807) is 0 Å². The van der Waals surface area contributed by atoms with Gasteiger partial charge >= 0.3 is 0 Å². The molecule has 3 aromatic carbocycles. The third-order valence-corrected chi connectivity index (χ3v) is 5.91. The van der Waals surface area contributed by atoms with Gasteiger partial charge in [0.1, 0.15) is 16.0 Å². The fraction of sp³-hybridized carbons (Fsp3) is 0.130. The van der Waals surface area contributed by atoms with Crippen LogP contribution in [0.25, 0.3) is 0 Å². The maximum absolute atomic E-state index is 13.8. The minimum absolute atomic E-state index is 0.0414. The summed E-state index contributed by atoms with van der Waals surface area (Å²) in [6, 6.07) is 11.3. The van der Waals surface area contributed by atoms with E-state index >= 15 is 0 Å². The van der Waals surface area contributed by atoms with Gasteiger partial charge in [0.05, 0.1) is 22.2 Å². The molecule has 5 nitrogen and oxygen atoms in total. The van der Waals surface area contributed by atoms with Crippen molar-refractivity contribution < 1.29 is 18.4 Å². The first kappa shape index (κ1) is 27.3. The summed E-state index contributed by atoms with van der Waals surface area (Å²) >= 11 is 30.8. The predicted molar refractivity (Wildman–Crippen MR) is 137 cm³/mol. The van der Waals surface area contributed by atoms with Crippen molar-refractivity contribution in [3.05, 3.63) is 92.4 Å². The van der Waals surface area contributed by atoms with Crippen molar-refractivity contribution >= 4 is 81.2 Å². The minimum atomic E-state index is -1.55. The number of halogens is 7. The zero-order valence-electron chi connectivity index (χ0n) is 17.7. The van der Waals surface area contributed by atoms with Gasteiger partial charge in [-0.05, 0) is 61.0 Å². The van der Waals surface area contributed by atoms with Gasteiger partial charge in [-0.1, -0.05) is 34.8 Å². The molecule has 12 heteroatoms. The Kier molecular flexibility index (Phi) is 8.72. The number of nitrogens with one attached hydrogen (secondary N) is 3. The van der Waals surface area contributed by atoms with E-state index in [0.29, 0.717) is 5.56 Å². The maximum Gasteiger partial charge on any atom is 0.271 e. The average Bonchev–Trinajstić information content (AvgIpc) is 2.74. The van der Waals surface area contributed by atoms with Crippen LogP contribution in [0, 0.1) is 11.6 Å². The van der Waals surface area contributed by atoms with Crippen LogP contribution in [0.1, 0.15) is 28.8 Å². The van der Waals surface area contributed by atoms with Gasteiger partial charge in [0.2, 0.25) is 5.91 Å². The molecule has 184 valence electrons. The molecule has 0 aromatic heterocycles. The van der Waals surface area contributed by atoms with Crippen molar-refractivity contribution in [3.8, 4) is 0 Å². The predicted octanol–water partition coefficient (Wildman–Crippen LogP) is 7.60. The number of amides is 2. The minimum Gasteiger partial charge on any atom is -0.325 e. The van der Waals surface area contributed by atoms with Crippen molar-refractivity contribution in [1.29, 1.82) is 0 Å². The van der Waals surface area contributed by atoms with Gasteiger partial charge in [-0.3, -0.25) is 20.4 Å². The Balaban J connectivity index is 1.82. The highest BCUT2D eigenvalue weighted by atomic mass is 35.5. The van der Waals surface area contributed by atoms with E-state index < -0.39 is 33.7 Å². The number of carbonyl (C=O) groups is 2. The summed E-state index contributed by atoms with van der Waals surface area (Å²) in [5, 5.41) is 3.25. The van der Waals surface area contributed by atoms with Crippen LogP contribution < -0.4 is 16.2 Å². The number of benzene rings is 3. The smallest absolute Gasteiger partial charge is 0.271 e. The second-order valence-corrected chi connectivity index (χ2v) is 10.5. The molecule has 0 saturated heterocycles. The summed E-state index contributed by atoms with van der Waals surface area (Å²) in [7, 11) is 0. The SMILES string of the molecule is CC(Cl)(Cl)C(C(=O)Nc1ccc(Cl)c(C(=O)NNc2cc(F)ccc2F)c1)c1cc(Cl)cc(Cl)c1. The average molecular weight is 582 g/mol. The first-order valence-electron chi connectivity index (χ1n) is 9.81. The van der Waals surface area contributed by atoms with Crippen LogP contribution in [0.2, 0.25) is 15.1 Å². The first-order valence-corrected chi connectivity index (χ1v) is 11.7. The number of hydrogen-bond acceptors (Lipinski definition) is 3. The molecule has 0 radical (unpaired) electrons. The molecule has 0 spiro atoms. The number of alkyl halides is 2. The summed E-state index contributed by atoms with van der Waals surface area (Å²) in [5.74, 6) is -3.95. The summed E-state index contributed by atoms with van der Waals surface area (Å²) in [5.41, 5.74) is 4.74. The lowest BCUT2D eigenvalue weighted by Gasteiger charge is -2.26.